The van der Waals surface area contributed by atoms with Gasteiger partial charge in [0.1, 0.15) is 11.5 Å². The molecule has 2 aromatic heterocycles. The summed E-state index contributed by atoms with van der Waals surface area (Å²) in [6.07, 6.45) is 5.63. The Kier molecular flexibility index (Phi) is 4.99. The monoisotopic (exact) mass is 355 g/mol. The lowest BCUT2D eigenvalue weighted by Gasteiger charge is -2.14. The van der Waals surface area contributed by atoms with Crippen LogP contribution in [0, 0.1) is 13.8 Å². The van der Waals surface area contributed by atoms with E-state index in [0.29, 0.717) is 5.56 Å². The number of aryl methyl sites for hydroxylation is 2. The highest BCUT2D eigenvalue weighted by molar-refractivity contribution is 7.98. The van der Waals surface area contributed by atoms with Crippen LogP contribution >= 0.6 is 11.8 Å². The van der Waals surface area contributed by atoms with Crippen molar-refractivity contribution in [2.75, 3.05) is 6.26 Å². The van der Waals surface area contributed by atoms with E-state index >= 15 is 0 Å². The lowest BCUT2D eigenvalue weighted by Crippen LogP contribution is -2.26. The molecular weight excluding hydrogens is 334 g/mol. The van der Waals surface area contributed by atoms with Gasteiger partial charge in [-0.15, -0.1) is 0 Å². The summed E-state index contributed by atoms with van der Waals surface area (Å²) >= 11 is 1.56. The molecule has 0 fully saturated rings. The van der Waals surface area contributed by atoms with Gasteiger partial charge in [-0.2, -0.15) is 0 Å². The van der Waals surface area contributed by atoms with Gasteiger partial charge in [0.25, 0.3) is 5.91 Å². The summed E-state index contributed by atoms with van der Waals surface area (Å²) in [4.78, 5) is 17.0. The Morgan fingerprint density at radius 1 is 1.32 bits per heavy atom. The van der Waals surface area contributed by atoms with E-state index in [-0.39, 0.29) is 11.9 Å². The third-order valence-electron chi connectivity index (χ3n) is 4.07. The number of hydrogen-bond donors (Lipinski definition) is 1. The average molecular weight is 355 g/mol. The molecule has 1 amide bonds. The van der Waals surface area contributed by atoms with Gasteiger partial charge in [-0.05, 0) is 51.3 Å². The lowest BCUT2D eigenvalue weighted by atomic mass is 10.1. The van der Waals surface area contributed by atoms with Gasteiger partial charge in [-0.3, -0.25) is 9.36 Å². The van der Waals surface area contributed by atoms with E-state index in [1.54, 1.807) is 18.0 Å². The molecule has 0 saturated heterocycles. The normalized spacial score (nSPS) is 12.2. The minimum absolute atomic E-state index is 0.113. The molecule has 2 heterocycles. The van der Waals surface area contributed by atoms with Crippen LogP contribution in [0.25, 0.3) is 5.69 Å². The molecule has 5 nitrogen and oxygen atoms in total. The zero-order chi connectivity index (χ0) is 18.0. The van der Waals surface area contributed by atoms with Crippen LogP contribution in [0.15, 0.2) is 52.3 Å². The Bertz CT molecular complexity index is 898. The quantitative estimate of drug-likeness (QED) is 0.694. The van der Waals surface area contributed by atoms with Crippen molar-refractivity contribution in [2.24, 2.45) is 0 Å². The summed E-state index contributed by atoms with van der Waals surface area (Å²) in [5.74, 6) is 1.57. The van der Waals surface area contributed by atoms with Crippen molar-refractivity contribution in [1.29, 1.82) is 0 Å². The molecule has 25 heavy (non-hydrogen) atoms. The fourth-order valence-corrected chi connectivity index (χ4v) is 3.40. The maximum Gasteiger partial charge on any atom is 0.251 e. The molecule has 0 aliphatic rings. The molecule has 0 saturated carbocycles. The zero-order valence-corrected chi connectivity index (χ0v) is 15.6. The zero-order valence-electron chi connectivity index (χ0n) is 14.7. The summed E-state index contributed by atoms with van der Waals surface area (Å²) < 4.78 is 7.52. The highest BCUT2D eigenvalue weighted by Crippen LogP contribution is 2.22. The second-order valence-electron chi connectivity index (χ2n) is 5.90. The Labute approximate surface area is 151 Å². The predicted octanol–water partition coefficient (Wildman–Crippen LogP) is 4.30. The summed E-state index contributed by atoms with van der Waals surface area (Å²) in [7, 11) is 0. The molecule has 0 radical (unpaired) electrons. The first-order valence-corrected chi connectivity index (χ1v) is 9.27. The molecule has 0 bridgehead atoms. The van der Waals surface area contributed by atoms with Crippen molar-refractivity contribution in [3.8, 4) is 5.69 Å². The predicted molar refractivity (Wildman–Crippen MR) is 99.4 cm³/mol. The molecule has 130 valence electrons. The van der Waals surface area contributed by atoms with Gasteiger partial charge < -0.3 is 9.73 Å². The minimum atomic E-state index is -0.122. The Balaban J connectivity index is 1.81. The van der Waals surface area contributed by atoms with Crippen molar-refractivity contribution in [3.63, 3.8) is 0 Å². The number of thioether (sulfide) groups is 1. The fraction of sp³-hybridized carbons (Fsp3) is 0.263. The second-order valence-corrected chi connectivity index (χ2v) is 6.67. The topological polar surface area (TPSA) is 60.1 Å². The van der Waals surface area contributed by atoms with E-state index < -0.39 is 0 Å². The van der Waals surface area contributed by atoms with E-state index in [4.69, 9.17) is 4.42 Å². The first kappa shape index (κ1) is 17.4. The van der Waals surface area contributed by atoms with Crippen LogP contribution in [-0.4, -0.2) is 21.7 Å². The Morgan fingerprint density at radius 3 is 2.80 bits per heavy atom. The summed E-state index contributed by atoms with van der Waals surface area (Å²) in [6, 6.07) is 9.37. The third-order valence-corrected chi connectivity index (χ3v) is 4.74. The molecule has 0 aliphatic heterocycles. The number of furan rings is 1. The number of aromatic nitrogens is 2. The van der Waals surface area contributed by atoms with E-state index in [2.05, 4.69) is 10.3 Å². The van der Waals surface area contributed by atoms with Crippen molar-refractivity contribution in [1.82, 2.24) is 14.9 Å². The van der Waals surface area contributed by atoms with Crippen LogP contribution < -0.4 is 5.32 Å². The number of amides is 1. The largest absolute Gasteiger partial charge is 0.466 e. The first-order chi connectivity index (χ1) is 12.0. The second kappa shape index (κ2) is 7.19. The van der Waals surface area contributed by atoms with Gasteiger partial charge in [0.05, 0.1) is 6.04 Å². The van der Waals surface area contributed by atoms with Gasteiger partial charge in [0.15, 0.2) is 5.16 Å². The molecule has 0 spiro atoms. The van der Waals surface area contributed by atoms with Crippen LogP contribution in [-0.2, 0) is 0 Å². The molecule has 1 N–H and O–H groups in total. The van der Waals surface area contributed by atoms with Crippen LogP contribution in [0.4, 0.5) is 0 Å². The number of nitrogens with one attached hydrogen (secondary N) is 1. The van der Waals surface area contributed by atoms with E-state index in [9.17, 15) is 4.79 Å². The van der Waals surface area contributed by atoms with Gasteiger partial charge in [0, 0.05) is 29.2 Å². The number of imidazole rings is 1. The highest BCUT2D eigenvalue weighted by atomic mass is 32.2. The summed E-state index contributed by atoms with van der Waals surface area (Å²) in [5.41, 5.74) is 2.53. The summed E-state index contributed by atoms with van der Waals surface area (Å²) in [5, 5.41) is 3.92. The van der Waals surface area contributed by atoms with E-state index in [0.717, 1.165) is 27.9 Å². The molecule has 3 rings (SSSR count). The van der Waals surface area contributed by atoms with Gasteiger partial charge in [0.2, 0.25) is 0 Å². The Morgan fingerprint density at radius 2 is 2.12 bits per heavy atom. The number of benzene rings is 1. The molecule has 1 unspecified atom stereocenters. The van der Waals surface area contributed by atoms with Crippen molar-refractivity contribution in [2.45, 2.75) is 32.0 Å². The maximum atomic E-state index is 12.7. The highest BCUT2D eigenvalue weighted by Gasteiger charge is 2.16. The van der Waals surface area contributed by atoms with Gasteiger partial charge in [-0.25, -0.2) is 4.98 Å². The molecular formula is C19H21N3O2S. The number of nitrogens with zero attached hydrogens (tertiary/aromatic N) is 2. The van der Waals surface area contributed by atoms with E-state index in [1.165, 1.54) is 0 Å². The molecule has 3 aromatic rings. The maximum absolute atomic E-state index is 12.7. The summed E-state index contributed by atoms with van der Waals surface area (Å²) in [6.45, 7) is 5.78. The minimum Gasteiger partial charge on any atom is -0.466 e. The number of carbonyl (C=O) groups excluding carboxylic acids is 1. The smallest absolute Gasteiger partial charge is 0.251 e. The fourth-order valence-electron chi connectivity index (χ4n) is 2.87. The molecule has 1 aromatic carbocycles. The lowest BCUT2D eigenvalue weighted by molar-refractivity contribution is 0.0939. The van der Waals surface area contributed by atoms with Crippen molar-refractivity contribution >= 4 is 17.7 Å². The van der Waals surface area contributed by atoms with Crippen LogP contribution in [0.1, 0.15) is 40.4 Å². The number of carbonyl (C=O) groups is 1. The SMILES string of the molecule is CSc1nccn1-c1cccc(C(=O)NC(C)c2cc(C)oc2C)c1. The Hall–Kier alpha value is -2.47. The van der Waals surface area contributed by atoms with Crippen LogP contribution in [0.5, 0.6) is 0 Å². The van der Waals surface area contributed by atoms with E-state index in [1.807, 2.05) is 68.1 Å². The van der Waals surface area contributed by atoms with Crippen molar-refractivity contribution < 1.29 is 9.21 Å². The van der Waals surface area contributed by atoms with Crippen LogP contribution in [0.3, 0.4) is 0 Å². The molecule has 0 aliphatic carbocycles. The van der Waals surface area contributed by atoms with Crippen LogP contribution in [0.2, 0.25) is 0 Å². The van der Waals surface area contributed by atoms with Gasteiger partial charge >= 0.3 is 0 Å². The first-order valence-electron chi connectivity index (χ1n) is 8.05. The van der Waals surface area contributed by atoms with Gasteiger partial charge in [-0.1, -0.05) is 17.8 Å². The van der Waals surface area contributed by atoms with Crippen molar-refractivity contribution in [3.05, 3.63) is 65.4 Å². The standard InChI is InChI=1S/C19H21N3O2S/c1-12-10-17(14(3)24-12)13(2)21-18(23)15-6-5-7-16(11-15)22-9-8-20-19(22)25-4/h5-11,13H,1-4H3,(H,21,23). The third kappa shape index (κ3) is 3.64. The molecule has 1 atom stereocenters. The average Bonchev–Trinajstić information content (AvgIpc) is 3.20. The number of rotatable bonds is 5. The number of hydrogen-bond acceptors (Lipinski definition) is 4. The molecule has 6 heteroatoms.